The standard InChI is InChI=1S/C27H26N4O2S/c1-19-8-6-9-20(2)25(19)29-26(32)30(16-23-12-7-15-33-23)14-13-22-18-34-27-28-24(17-31(22)27)21-10-4-3-5-11-21/h3-12,15,17-18H,13-14,16H2,1-2H3,(H,29,32). The third-order valence-corrected chi connectivity index (χ3v) is 6.81. The van der Waals surface area contributed by atoms with Gasteiger partial charge in [0.05, 0.1) is 18.5 Å². The van der Waals surface area contributed by atoms with E-state index >= 15 is 0 Å². The van der Waals surface area contributed by atoms with Gasteiger partial charge < -0.3 is 14.6 Å². The summed E-state index contributed by atoms with van der Waals surface area (Å²) in [6.07, 6.45) is 4.41. The molecule has 0 fully saturated rings. The first-order chi connectivity index (χ1) is 16.6. The second-order valence-corrected chi connectivity index (χ2v) is 9.16. The molecule has 2 aromatic carbocycles. The zero-order valence-corrected chi connectivity index (χ0v) is 20.0. The van der Waals surface area contributed by atoms with Gasteiger partial charge in [-0.1, -0.05) is 48.5 Å². The van der Waals surface area contributed by atoms with Crippen LogP contribution in [-0.2, 0) is 13.0 Å². The van der Waals surface area contributed by atoms with Crippen LogP contribution >= 0.6 is 11.3 Å². The minimum Gasteiger partial charge on any atom is -0.467 e. The number of imidazole rings is 1. The van der Waals surface area contributed by atoms with Gasteiger partial charge in [0.2, 0.25) is 0 Å². The Morgan fingerprint density at radius 1 is 1.06 bits per heavy atom. The van der Waals surface area contributed by atoms with E-state index in [-0.39, 0.29) is 6.03 Å². The van der Waals surface area contributed by atoms with Gasteiger partial charge in [-0.15, -0.1) is 11.3 Å². The lowest BCUT2D eigenvalue weighted by atomic mass is 10.1. The molecule has 34 heavy (non-hydrogen) atoms. The molecule has 172 valence electrons. The Bertz CT molecular complexity index is 1380. The summed E-state index contributed by atoms with van der Waals surface area (Å²) in [5, 5.41) is 5.23. The van der Waals surface area contributed by atoms with Crippen LogP contribution in [0.2, 0.25) is 0 Å². The molecule has 0 atom stereocenters. The van der Waals surface area contributed by atoms with Crippen molar-refractivity contribution in [2.24, 2.45) is 0 Å². The second kappa shape index (κ2) is 9.57. The van der Waals surface area contributed by atoms with Gasteiger partial charge in [0.15, 0.2) is 4.96 Å². The van der Waals surface area contributed by atoms with E-state index in [1.165, 1.54) is 0 Å². The van der Waals surface area contributed by atoms with E-state index in [2.05, 4.69) is 33.4 Å². The Labute approximate surface area is 202 Å². The summed E-state index contributed by atoms with van der Waals surface area (Å²) in [4.78, 5) is 20.8. The number of para-hydroxylation sites is 1. The highest BCUT2D eigenvalue weighted by molar-refractivity contribution is 7.15. The van der Waals surface area contributed by atoms with Gasteiger partial charge in [0.1, 0.15) is 5.76 Å². The topological polar surface area (TPSA) is 62.8 Å². The van der Waals surface area contributed by atoms with Crippen molar-refractivity contribution in [3.63, 3.8) is 0 Å². The van der Waals surface area contributed by atoms with Crippen molar-refractivity contribution in [1.82, 2.24) is 14.3 Å². The predicted molar refractivity (Wildman–Crippen MR) is 136 cm³/mol. The van der Waals surface area contributed by atoms with E-state index in [9.17, 15) is 4.79 Å². The molecular weight excluding hydrogens is 444 g/mol. The maximum Gasteiger partial charge on any atom is 0.322 e. The third-order valence-electron chi connectivity index (χ3n) is 5.92. The molecule has 5 rings (SSSR count). The van der Waals surface area contributed by atoms with Crippen LogP contribution in [-0.4, -0.2) is 26.9 Å². The molecule has 0 spiro atoms. The number of carbonyl (C=O) groups excluding carboxylic acids is 1. The van der Waals surface area contributed by atoms with Crippen molar-refractivity contribution in [2.45, 2.75) is 26.8 Å². The van der Waals surface area contributed by atoms with Gasteiger partial charge in [-0.05, 0) is 37.1 Å². The van der Waals surface area contributed by atoms with Gasteiger partial charge in [0, 0.05) is 41.5 Å². The number of thiazole rings is 1. The summed E-state index contributed by atoms with van der Waals surface area (Å²) in [6, 6.07) is 19.8. The highest BCUT2D eigenvalue weighted by atomic mass is 32.1. The van der Waals surface area contributed by atoms with Crippen molar-refractivity contribution in [2.75, 3.05) is 11.9 Å². The van der Waals surface area contributed by atoms with Crippen LogP contribution in [0.1, 0.15) is 22.6 Å². The molecule has 0 aliphatic rings. The van der Waals surface area contributed by atoms with Crippen molar-refractivity contribution < 1.29 is 9.21 Å². The number of rotatable bonds is 7. The Kier molecular flexibility index (Phi) is 6.18. The van der Waals surface area contributed by atoms with Crippen molar-refractivity contribution >= 4 is 28.0 Å². The lowest BCUT2D eigenvalue weighted by Crippen LogP contribution is -2.36. The molecule has 7 heteroatoms. The average Bonchev–Trinajstić information content (AvgIpc) is 3.58. The number of aryl methyl sites for hydroxylation is 2. The molecular formula is C27H26N4O2S. The number of benzene rings is 2. The maximum atomic E-state index is 13.3. The zero-order valence-electron chi connectivity index (χ0n) is 19.2. The summed E-state index contributed by atoms with van der Waals surface area (Å²) in [5.74, 6) is 0.751. The number of hydrogen-bond acceptors (Lipinski definition) is 4. The molecule has 5 aromatic rings. The number of amides is 2. The normalized spacial score (nSPS) is 11.1. The van der Waals surface area contributed by atoms with Crippen molar-refractivity contribution in [3.8, 4) is 11.3 Å². The van der Waals surface area contributed by atoms with Crippen molar-refractivity contribution in [3.05, 3.63) is 101 Å². The molecule has 1 N–H and O–H groups in total. The number of urea groups is 1. The number of nitrogens with one attached hydrogen (secondary N) is 1. The molecule has 0 saturated heterocycles. The summed E-state index contributed by atoms with van der Waals surface area (Å²) in [5.41, 5.74) is 6.11. The molecule has 0 aliphatic carbocycles. The fourth-order valence-corrected chi connectivity index (χ4v) is 4.95. The molecule has 3 heterocycles. The second-order valence-electron chi connectivity index (χ2n) is 8.32. The number of hydrogen-bond donors (Lipinski definition) is 1. The lowest BCUT2D eigenvalue weighted by Gasteiger charge is -2.23. The van der Waals surface area contributed by atoms with Crippen LogP contribution in [0.4, 0.5) is 10.5 Å². The fraction of sp³-hybridized carbons (Fsp3) is 0.185. The van der Waals surface area contributed by atoms with Crippen molar-refractivity contribution in [1.29, 1.82) is 0 Å². The van der Waals surface area contributed by atoms with Crippen LogP contribution in [0, 0.1) is 13.8 Å². The fourth-order valence-electron chi connectivity index (χ4n) is 4.05. The number of furan rings is 1. The first-order valence-corrected chi connectivity index (χ1v) is 12.1. The van der Waals surface area contributed by atoms with E-state index in [4.69, 9.17) is 9.40 Å². The van der Waals surface area contributed by atoms with Gasteiger partial charge in [-0.25, -0.2) is 9.78 Å². The molecule has 0 bridgehead atoms. The first kappa shape index (κ1) is 22.0. The van der Waals surface area contributed by atoms with Crippen LogP contribution in [0.15, 0.2) is 82.9 Å². The highest BCUT2D eigenvalue weighted by Gasteiger charge is 2.18. The molecule has 0 unspecified atom stereocenters. The smallest absolute Gasteiger partial charge is 0.322 e. The minimum atomic E-state index is -0.143. The third kappa shape index (κ3) is 4.61. The van der Waals surface area contributed by atoms with E-state index in [1.54, 1.807) is 22.5 Å². The van der Waals surface area contributed by atoms with Crippen LogP contribution in [0.25, 0.3) is 16.2 Å². The largest absolute Gasteiger partial charge is 0.467 e. The SMILES string of the molecule is Cc1cccc(C)c1NC(=O)N(CCc1csc2nc(-c3ccccc3)cn12)Cc1ccco1. The molecule has 2 amide bonds. The molecule has 6 nitrogen and oxygen atoms in total. The van der Waals surface area contributed by atoms with E-state index in [0.717, 1.165) is 44.5 Å². The number of fused-ring (bicyclic) bond motifs is 1. The Balaban J connectivity index is 1.36. The molecule has 0 aliphatic heterocycles. The minimum absolute atomic E-state index is 0.143. The van der Waals surface area contributed by atoms with Gasteiger partial charge in [-0.3, -0.25) is 4.40 Å². The quantitative estimate of drug-likeness (QED) is 0.293. The Morgan fingerprint density at radius 2 is 1.85 bits per heavy atom. The molecule has 0 saturated carbocycles. The number of anilines is 1. The Hall–Kier alpha value is -3.84. The maximum absolute atomic E-state index is 13.3. The summed E-state index contributed by atoms with van der Waals surface area (Å²) < 4.78 is 7.66. The van der Waals surface area contributed by atoms with Crippen LogP contribution in [0.3, 0.4) is 0 Å². The van der Waals surface area contributed by atoms with Gasteiger partial charge in [0.25, 0.3) is 0 Å². The summed E-state index contributed by atoms with van der Waals surface area (Å²) in [6.45, 7) is 4.95. The Morgan fingerprint density at radius 3 is 2.59 bits per heavy atom. The van der Waals surface area contributed by atoms with E-state index < -0.39 is 0 Å². The van der Waals surface area contributed by atoms with Gasteiger partial charge >= 0.3 is 6.03 Å². The first-order valence-electron chi connectivity index (χ1n) is 11.2. The number of aromatic nitrogens is 2. The predicted octanol–water partition coefficient (Wildman–Crippen LogP) is 6.55. The summed E-state index contributed by atoms with van der Waals surface area (Å²) in [7, 11) is 0. The number of nitrogens with zero attached hydrogens (tertiary/aromatic N) is 3. The average molecular weight is 471 g/mol. The van der Waals surface area contributed by atoms with E-state index in [1.807, 2.05) is 62.4 Å². The van der Waals surface area contributed by atoms with Gasteiger partial charge in [-0.2, -0.15) is 0 Å². The lowest BCUT2D eigenvalue weighted by molar-refractivity contribution is 0.204. The monoisotopic (exact) mass is 470 g/mol. The molecule has 3 aromatic heterocycles. The molecule has 0 radical (unpaired) electrons. The highest BCUT2D eigenvalue weighted by Crippen LogP contribution is 2.24. The van der Waals surface area contributed by atoms with E-state index in [0.29, 0.717) is 19.5 Å². The van der Waals surface area contributed by atoms with Crippen LogP contribution in [0.5, 0.6) is 0 Å². The zero-order chi connectivity index (χ0) is 23.5. The van der Waals surface area contributed by atoms with Crippen LogP contribution < -0.4 is 5.32 Å². The summed E-state index contributed by atoms with van der Waals surface area (Å²) >= 11 is 1.62. The number of carbonyl (C=O) groups is 1.